The van der Waals surface area contributed by atoms with E-state index in [1.165, 1.54) is 4.90 Å². The molecule has 2 N–H and O–H groups in total. The summed E-state index contributed by atoms with van der Waals surface area (Å²) < 4.78 is 37.1. The third kappa shape index (κ3) is 9.71. The van der Waals surface area contributed by atoms with E-state index in [1.54, 1.807) is 0 Å². The van der Waals surface area contributed by atoms with Gasteiger partial charge in [0.1, 0.15) is 0 Å². The highest BCUT2D eigenvalue weighted by Crippen LogP contribution is 2.19. The van der Waals surface area contributed by atoms with Crippen molar-refractivity contribution in [3.05, 3.63) is 0 Å². The maximum atomic E-state index is 12.4. The molecule has 0 aromatic carbocycles. The first-order chi connectivity index (χ1) is 8.28. The standard InChI is InChI=1S/C13H27F3N2/c1-4-6-18(10-13(14,15)16)7-5-12(9-17)8-11(2)3/h11-12H,4-10,17H2,1-3H3. The molecule has 0 amide bonds. The minimum atomic E-state index is -4.11. The molecule has 0 spiro atoms. The van der Waals surface area contributed by atoms with E-state index >= 15 is 0 Å². The van der Waals surface area contributed by atoms with Gasteiger partial charge in [0.15, 0.2) is 0 Å². The zero-order valence-electron chi connectivity index (χ0n) is 11.8. The zero-order chi connectivity index (χ0) is 14.2. The quantitative estimate of drug-likeness (QED) is 0.695. The van der Waals surface area contributed by atoms with E-state index in [-0.39, 0.29) is 0 Å². The van der Waals surface area contributed by atoms with Crippen molar-refractivity contribution in [1.82, 2.24) is 4.90 Å². The first-order valence-corrected chi connectivity index (χ1v) is 6.77. The lowest BCUT2D eigenvalue weighted by molar-refractivity contribution is -0.146. The summed E-state index contributed by atoms with van der Waals surface area (Å²) in [4.78, 5) is 1.49. The highest BCUT2D eigenvalue weighted by Gasteiger charge is 2.30. The lowest BCUT2D eigenvalue weighted by Crippen LogP contribution is -2.36. The predicted molar refractivity (Wildman–Crippen MR) is 69.4 cm³/mol. The Morgan fingerprint density at radius 3 is 2.17 bits per heavy atom. The maximum Gasteiger partial charge on any atom is 0.401 e. The second-order valence-corrected chi connectivity index (χ2v) is 5.41. The van der Waals surface area contributed by atoms with Crippen molar-refractivity contribution in [2.75, 3.05) is 26.2 Å². The van der Waals surface area contributed by atoms with Crippen LogP contribution in [0, 0.1) is 11.8 Å². The number of alkyl halides is 3. The van der Waals surface area contributed by atoms with Crippen LogP contribution in [-0.2, 0) is 0 Å². The van der Waals surface area contributed by atoms with E-state index in [0.29, 0.717) is 31.5 Å². The molecule has 0 saturated heterocycles. The van der Waals surface area contributed by atoms with Crippen LogP contribution in [0.4, 0.5) is 13.2 Å². The molecule has 5 heteroatoms. The normalized spacial score (nSPS) is 14.5. The Bertz CT molecular complexity index is 205. The van der Waals surface area contributed by atoms with Crippen molar-refractivity contribution >= 4 is 0 Å². The van der Waals surface area contributed by atoms with Crippen molar-refractivity contribution in [3.8, 4) is 0 Å². The van der Waals surface area contributed by atoms with E-state index in [4.69, 9.17) is 5.73 Å². The van der Waals surface area contributed by atoms with Gasteiger partial charge in [-0.3, -0.25) is 4.90 Å². The summed E-state index contributed by atoms with van der Waals surface area (Å²) in [5.74, 6) is 0.874. The molecule has 0 bridgehead atoms. The van der Waals surface area contributed by atoms with Crippen LogP contribution in [0.1, 0.15) is 40.0 Å². The van der Waals surface area contributed by atoms with Crippen LogP contribution in [0.15, 0.2) is 0 Å². The molecule has 0 radical (unpaired) electrons. The van der Waals surface area contributed by atoms with Crippen molar-refractivity contribution in [2.24, 2.45) is 17.6 Å². The van der Waals surface area contributed by atoms with E-state index in [0.717, 1.165) is 19.3 Å². The van der Waals surface area contributed by atoms with Gasteiger partial charge < -0.3 is 5.73 Å². The first kappa shape index (κ1) is 17.7. The fourth-order valence-corrected chi connectivity index (χ4v) is 2.20. The summed E-state index contributed by atoms with van der Waals surface area (Å²) >= 11 is 0. The van der Waals surface area contributed by atoms with Gasteiger partial charge in [-0.25, -0.2) is 0 Å². The number of hydrogen-bond acceptors (Lipinski definition) is 2. The second-order valence-electron chi connectivity index (χ2n) is 5.41. The monoisotopic (exact) mass is 268 g/mol. The lowest BCUT2D eigenvalue weighted by atomic mass is 9.94. The van der Waals surface area contributed by atoms with Crippen LogP contribution in [0.5, 0.6) is 0 Å². The molecule has 0 saturated carbocycles. The molecule has 0 aliphatic heterocycles. The van der Waals surface area contributed by atoms with E-state index < -0.39 is 12.7 Å². The van der Waals surface area contributed by atoms with Crippen molar-refractivity contribution in [2.45, 2.75) is 46.2 Å². The summed E-state index contributed by atoms with van der Waals surface area (Å²) in [5.41, 5.74) is 5.67. The van der Waals surface area contributed by atoms with Gasteiger partial charge in [0.25, 0.3) is 0 Å². The third-order valence-corrected chi connectivity index (χ3v) is 2.93. The summed E-state index contributed by atoms with van der Waals surface area (Å²) in [7, 11) is 0. The number of hydrogen-bond donors (Lipinski definition) is 1. The summed E-state index contributed by atoms with van der Waals surface area (Å²) in [6.45, 7) is 6.87. The molecular formula is C13H27F3N2. The molecular weight excluding hydrogens is 241 g/mol. The van der Waals surface area contributed by atoms with Crippen molar-refractivity contribution in [1.29, 1.82) is 0 Å². The van der Waals surface area contributed by atoms with Crippen LogP contribution in [-0.4, -0.2) is 37.3 Å². The van der Waals surface area contributed by atoms with E-state index in [1.807, 2.05) is 6.92 Å². The largest absolute Gasteiger partial charge is 0.401 e. The molecule has 0 aromatic rings. The van der Waals surface area contributed by atoms with Crippen LogP contribution >= 0.6 is 0 Å². The van der Waals surface area contributed by atoms with Crippen LogP contribution < -0.4 is 5.73 Å². The molecule has 0 rings (SSSR count). The fourth-order valence-electron chi connectivity index (χ4n) is 2.20. The molecule has 18 heavy (non-hydrogen) atoms. The molecule has 0 fully saturated rings. The number of rotatable bonds is 9. The van der Waals surface area contributed by atoms with E-state index in [9.17, 15) is 13.2 Å². The highest BCUT2D eigenvalue weighted by atomic mass is 19.4. The number of nitrogens with zero attached hydrogens (tertiary/aromatic N) is 1. The Morgan fingerprint density at radius 1 is 1.17 bits per heavy atom. The van der Waals surface area contributed by atoms with Gasteiger partial charge in [0, 0.05) is 0 Å². The van der Waals surface area contributed by atoms with Gasteiger partial charge in [-0.15, -0.1) is 0 Å². The van der Waals surface area contributed by atoms with Crippen molar-refractivity contribution < 1.29 is 13.2 Å². The zero-order valence-corrected chi connectivity index (χ0v) is 11.8. The van der Waals surface area contributed by atoms with Crippen LogP contribution in [0.3, 0.4) is 0 Å². The third-order valence-electron chi connectivity index (χ3n) is 2.93. The number of nitrogens with two attached hydrogens (primary N) is 1. The SMILES string of the molecule is CCCN(CCC(CN)CC(C)C)CC(F)(F)F. The summed E-state index contributed by atoms with van der Waals surface area (Å²) in [5, 5.41) is 0. The fraction of sp³-hybridized carbons (Fsp3) is 1.00. The Morgan fingerprint density at radius 2 is 1.78 bits per heavy atom. The molecule has 110 valence electrons. The van der Waals surface area contributed by atoms with Gasteiger partial charge in [0.05, 0.1) is 6.54 Å². The summed E-state index contributed by atoms with van der Waals surface area (Å²) in [6, 6.07) is 0. The topological polar surface area (TPSA) is 29.3 Å². The van der Waals surface area contributed by atoms with Crippen LogP contribution in [0.25, 0.3) is 0 Å². The Hall–Kier alpha value is -0.290. The van der Waals surface area contributed by atoms with E-state index in [2.05, 4.69) is 13.8 Å². The highest BCUT2D eigenvalue weighted by molar-refractivity contribution is 4.68. The van der Waals surface area contributed by atoms with Gasteiger partial charge in [-0.1, -0.05) is 20.8 Å². The molecule has 1 unspecified atom stereocenters. The minimum Gasteiger partial charge on any atom is -0.330 e. The Kier molecular flexibility index (Phi) is 8.61. The molecule has 0 aliphatic carbocycles. The smallest absolute Gasteiger partial charge is 0.330 e. The van der Waals surface area contributed by atoms with Crippen molar-refractivity contribution in [3.63, 3.8) is 0 Å². The molecule has 2 nitrogen and oxygen atoms in total. The molecule has 0 aromatic heterocycles. The predicted octanol–water partition coefficient (Wildman–Crippen LogP) is 3.27. The minimum absolute atomic E-state index is 0.331. The lowest BCUT2D eigenvalue weighted by Gasteiger charge is -2.25. The first-order valence-electron chi connectivity index (χ1n) is 6.77. The average Bonchev–Trinajstić information content (AvgIpc) is 2.21. The summed E-state index contributed by atoms with van der Waals surface area (Å²) in [6.07, 6.45) is -1.62. The molecule has 0 heterocycles. The van der Waals surface area contributed by atoms with Gasteiger partial charge >= 0.3 is 6.18 Å². The number of halogens is 3. The second kappa shape index (κ2) is 8.75. The van der Waals surface area contributed by atoms with Gasteiger partial charge in [0.2, 0.25) is 0 Å². The Balaban J connectivity index is 4.15. The van der Waals surface area contributed by atoms with Gasteiger partial charge in [-0.2, -0.15) is 13.2 Å². The maximum absolute atomic E-state index is 12.4. The van der Waals surface area contributed by atoms with Gasteiger partial charge in [-0.05, 0) is 50.7 Å². The van der Waals surface area contributed by atoms with Crippen LogP contribution in [0.2, 0.25) is 0 Å². The molecule has 0 aliphatic rings. The molecule has 1 atom stereocenters. The average molecular weight is 268 g/mol. The Labute approximate surface area is 109 Å².